The highest BCUT2D eigenvalue weighted by Crippen LogP contribution is 2.21. The molecule has 0 saturated heterocycles. The summed E-state index contributed by atoms with van der Waals surface area (Å²) in [5.41, 5.74) is 0.000369. The molecular formula is C14H18N2O5. The number of carbonyl (C=O) groups excluding carboxylic acids is 1. The largest absolute Gasteiger partial charge is 0.491 e. The first-order valence-corrected chi connectivity index (χ1v) is 6.90. The lowest BCUT2D eigenvalue weighted by Crippen LogP contribution is -2.43. The van der Waals surface area contributed by atoms with Crippen molar-refractivity contribution in [1.29, 1.82) is 0 Å². The smallest absolute Gasteiger partial charge is 0.326 e. The number of hydrogen-bond acceptors (Lipinski definition) is 6. The molecule has 0 spiro atoms. The van der Waals surface area contributed by atoms with Crippen LogP contribution in [0.5, 0.6) is 5.75 Å². The zero-order valence-corrected chi connectivity index (χ0v) is 11.8. The Kier molecular flexibility index (Phi) is 5.10. The minimum Gasteiger partial charge on any atom is -0.491 e. The van der Waals surface area contributed by atoms with Crippen molar-refractivity contribution in [1.82, 2.24) is 5.32 Å². The van der Waals surface area contributed by atoms with Crippen LogP contribution in [0.15, 0.2) is 24.3 Å². The minimum absolute atomic E-state index is 0.000369. The van der Waals surface area contributed by atoms with Gasteiger partial charge in [-0.25, -0.2) is 0 Å². The van der Waals surface area contributed by atoms with Gasteiger partial charge in [-0.3, -0.25) is 20.2 Å². The standard InChI is InChI=1S/C14H18N2O5/c1-2-20-14(17)13(15-10-3-4-10)9-21-12-7-5-11(6-8-12)16(18)19/h5-8,10,13,15H,2-4,9H2,1H3. The summed E-state index contributed by atoms with van der Waals surface area (Å²) < 4.78 is 10.5. The number of ether oxygens (including phenoxy) is 2. The molecule has 1 aromatic rings. The summed E-state index contributed by atoms with van der Waals surface area (Å²) in [5, 5.41) is 13.7. The van der Waals surface area contributed by atoms with Gasteiger partial charge in [0.1, 0.15) is 18.4 Å². The van der Waals surface area contributed by atoms with Gasteiger partial charge >= 0.3 is 5.97 Å². The van der Waals surface area contributed by atoms with Gasteiger partial charge in [0.05, 0.1) is 11.5 Å². The monoisotopic (exact) mass is 294 g/mol. The Bertz CT molecular complexity index is 499. The SMILES string of the molecule is CCOC(=O)C(COc1ccc([N+](=O)[O-])cc1)NC1CC1. The first kappa shape index (κ1) is 15.2. The van der Waals surface area contributed by atoms with Crippen molar-refractivity contribution in [3.05, 3.63) is 34.4 Å². The zero-order chi connectivity index (χ0) is 15.2. The van der Waals surface area contributed by atoms with Crippen molar-refractivity contribution < 1.29 is 19.2 Å². The van der Waals surface area contributed by atoms with Crippen LogP contribution in [-0.4, -0.2) is 36.2 Å². The van der Waals surface area contributed by atoms with Crippen LogP contribution in [0.3, 0.4) is 0 Å². The lowest BCUT2D eigenvalue weighted by Gasteiger charge is -2.17. The minimum atomic E-state index is -0.521. The van der Waals surface area contributed by atoms with E-state index in [1.165, 1.54) is 24.3 Å². The van der Waals surface area contributed by atoms with E-state index in [-0.39, 0.29) is 18.3 Å². The Morgan fingerprint density at radius 1 is 1.43 bits per heavy atom. The number of nitrogens with one attached hydrogen (secondary N) is 1. The summed E-state index contributed by atoms with van der Waals surface area (Å²) in [4.78, 5) is 21.9. The number of non-ortho nitro benzene ring substituents is 1. The lowest BCUT2D eigenvalue weighted by molar-refractivity contribution is -0.384. The second kappa shape index (κ2) is 7.03. The molecule has 1 aliphatic rings. The summed E-state index contributed by atoms with van der Waals surface area (Å²) in [6.45, 7) is 2.20. The van der Waals surface area contributed by atoms with E-state index in [1.807, 2.05) is 0 Å². The molecule has 1 unspecified atom stereocenters. The molecule has 0 heterocycles. The molecule has 1 atom stereocenters. The number of nitro groups is 1. The third-order valence-corrected chi connectivity index (χ3v) is 3.05. The van der Waals surface area contributed by atoms with Crippen molar-refractivity contribution in [2.45, 2.75) is 31.8 Å². The van der Waals surface area contributed by atoms with Crippen molar-refractivity contribution in [3.8, 4) is 5.75 Å². The Hall–Kier alpha value is -2.15. The molecule has 1 fully saturated rings. The quantitative estimate of drug-likeness (QED) is 0.445. The number of carbonyl (C=O) groups is 1. The molecule has 1 saturated carbocycles. The van der Waals surface area contributed by atoms with Crippen molar-refractivity contribution in [2.24, 2.45) is 0 Å². The summed E-state index contributed by atoms with van der Waals surface area (Å²) >= 11 is 0. The first-order valence-electron chi connectivity index (χ1n) is 6.90. The molecule has 1 aliphatic carbocycles. The Morgan fingerprint density at radius 3 is 2.62 bits per heavy atom. The lowest BCUT2D eigenvalue weighted by atomic mass is 10.3. The van der Waals surface area contributed by atoms with Crippen molar-refractivity contribution in [3.63, 3.8) is 0 Å². The molecule has 0 aromatic heterocycles. The van der Waals surface area contributed by atoms with Crippen molar-refractivity contribution >= 4 is 11.7 Å². The van der Waals surface area contributed by atoms with E-state index in [0.717, 1.165) is 12.8 Å². The average molecular weight is 294 g/mol. The van der Waals surface area contributed by atoms with Crippen LogP contribution in [0.2, 0.25) is 0 Å². The van der Waals surface area contributed by atoms with E-state index in [2.05, 4.69) is 5.32 Å². The number of hydrogen-bond donors (Lipinski definition) is 1. The second-order valence-corrected chi connectivity index (χ2v) is 4.81. The molecule has 7 heteroatoms. The zero-order valence-electron chi connectivity index (χ0n) is 11.8. The van der Waals surface area contributed by atoms with Gasteiger partial charge in [0.2, 0.25) is 0 Å². The highest BCUT2D eigenvalue weighted by Gasteiger charge is 2.29. The fraction of sp³-hybridized carbons (Fsp3) is 0.500. The Labute approximate surface area is 122 Å². The number of benzene rings is 1. The van der Waals surface area contributed by atoms with Crippen LogP contribution in [0.1, 0.15) is 19.8 Å². The molecule has 2 rings (SSSR count). The fourth-order valence-electron chi connectivity index (χ4n) is 1.81. The molecular weight excluding hydrogens is 276 g/mol. The van der Waals surface area contributed by atoms with Crippen LogP contribution in [-0.2, 0) is 9.53 Å². The van der Waals surface area contributed by atoms with Gasteiger partial charge in [0, 0.05) is 18.2 Å². The van der Waals surface area contributed by atoms with Crippen molar-refractivity contribution in [2.75, 3.05) is 13.2 Å². The van der Waals surface area contributed by atoms with Crippen LogP contribution in [0.25, 0.3) is 0 Å². The third-order valence-electron chi connectivity index (χ3n) is 3.05. The van der Waals surface area contributed by atoms with E-state index >= 15 is 0 Å². The molecule has 1 N–H and O–H groups in total. The van der Waals surface area contributed by atoms with E-state index in [0.29, 0.717) is 18.4 Å². The predicted octanol–water partition coefficient (Wildman–Crippen LogP) is 1.66. The maximum absolute atomic E-state index is 11.8. The topological polar surface area (TPSA) is 90.7 Å². The van der Waals surface area contributed by atoms with Gasteiger partial charge in [0.15, 0.2) is 0 Å². The van der Waals surface area contributed by atoms with E-state index in [4.69, 9.17) is 9.47 Å². The van der Waals surface area contributed by atoms with Crippen LogP contribution >= 0.6 is 0 Å². The normalized spacial score (nSPS) is 15.3. The summed E-state index contributed by atoms with van der Waals surface area (Å²) in [6.07, 6.45) is 2.10. The Balaban J connectivity index is 1.90. The number of nitrogens with zero attached hydrogens (tertiary/aromatic N) is 1. The molecule has 0 amide bonds. The molecule has 114 valence electrons. The summed E-state index contributed by atoms with van der Waals surface area (Å²) in [7, 11) is 0. The van der Waals surface area contributed by atoms with Crippen LogP contribution in [0, 0.1) is 10.1 Å². The second-order valence-electron chi connectivity index (χ2n) is 4.81. The predicted molar refractivity (Wildman–Crippen MR) is 75.2 cm³/mol. The number of nitro benzene ring substituents is 1. The first-order chi connectivity index (χ1) is 10.1. The van der Waals surface area contributed by atoms with E-state index < -0.39 is 11.0 Å². The van der Waals surface area contributed by atoms with Gasteiger partial charge in [-0.2, -0.15) is 0 Å². The fourth-order valence-corrected chi connectivity index (χ4v) is 1.81. The summed E-state index contributed by atoms with van der Waals surface area (Å²) in [5.74, 6) is 0.138. The number of rotatable bonds is 8. The molecule has 0 radical (unpaired) electrons. The Morgan fingerprint density at radius 2 is 2.10 bits per heavy atom. The average Bonchev–Trinajstić information content (AvgIpc) is 3.28. The number of esters is 1. The van der Waals surface area contributed by atoms with E-state index in [9.17, 15) is 14.9 Å². The van der Waals surface area contributed by atoms with Crippen LogP contribution in [0.4, 0.5) is 5.69 Å². The van der Waals surface area contributed by atoms with Gasteiger partial charge in [-0.1, -0.05) is 0 Å². The highest BCUT2D eigenvalue weighted by atomic mass is 16.6. The molecule has 0 aliphatic heterocycles. The molecule has 7 nitrogen and oxygen atoms in total. The highest BCUT2D eigenvalue weighted by molar-refractivity contribution is 5.76. The maximum Gasteiger partial charge on any atom is 0.326 e. The maximum atomic E-state index is 11.8. The van der Waals surface area contributed by atoms with E-state index in [1.54, 1.807) is 6.92 Å². The summed E-state index contributed by atoms with van der Waals surface area (Å²) in [6, 6.07) is 5.58. The molecule has 0 bridgehead atoms. The van der Waals surface area contributed by atoms with Gasteiger partial charge in [-0.05, 0) is 31.9 Å². The molecule has 1 aromatic carbocycles. The molecule has 21 heavy (non-hydrogen) atoms. The van der Waals surface area contributed by atoms with Gasteiger partial charge in [0.25, 0.3) is 5.69 Å². The van der Waals surface area contributed by atoms with Gasteiger partial charge in [-0.15, -0.1) is 0 Å². The third kappa shape index (κ3) is 4.71. The van der Waals surface area contributed by atoms with Crippen LogP contribution < -0.4 is 10.1 Å². The van der Waals surface area contributed by atoms with Gasteiger partial charge < -0.3 is 9.47 Å².